The van der Waals surface area contributed by atoms with Gasteiger partial charge < -0.3 is 10.2 Å². The minimum Gasteiger partial charge on any atom is -0.350 e. The molecular weight excluding hydrogens is 509 g/mol. The molecule has 1 atom stereocenters. The molecule has 0 aromatic heterocycles. The van der Waals surface area contributed by atoms with E-state index in [2.05, 4.69) is 5.32 Å². The van der Waals surface area contributed by atoms with Gasteiger partial charge in [0, 0.05) is 22.1 Å². The standard InChI is InChI=1S/C25H33Cl2N3O4S/c1-6-22(24(32)28-25(2,3)4)29(13-12-18-10-8-7-9-11-18)23(31)17-30(35(5,33)34)21-15-19(26)14-20(27)16-21/h7-11,14-16,22H,6,12-13,17H2,1-5H3,(H,28,32). The van der Waals surface area contributed by atoms with Gasteiger partial charge in [-0.15, -0.1) is 0 Å². The van der Waals surface area contributed by atoms with E-state index in [0.717, 1.165) is 16.1 Å². The summed E-state index contributed by atoms with van der Waals surface area (Å²) in [6, 6.07) is 13.2. The van der Waals surface area contributed by atoms with Crippen molar-refractivity contribution < 1.29 is 18.0 Å². The molecule has 7 nitrogen and oxygen atoms in total. The van der Waals surface area contributed by atoms with E-state index in [-0.39, 0.29) is 28.2 Å². The van der Waals surface area contributed by atoms with Crippen LogP contribution in [0.3, 0.4) is 0 Å². The molecule has 0 aliphatic rings. The second-order valence-corrected chi connectivity index (χ2v) is 12.2. The van der Waals surface area contributed by atoms with Gasteiger partial charge >= 0.3 is 0 Å². The Morgan fingerprint density at radius 1 is 1.03 bits per heavy atom. The first kappa shape index (κ1) is 28.9. The van der Waals surface area contributed by atoms with Crippen LogP contribution in [-0.4, -0.2) is 56.1 Å². The number of halogens is 2. The van der Waals surface area contributed by atoms with Crippen LogP contribution in [0.4, 0.5) is 5.69 Å². The fourth-order valence-corrected chi connectivity index (χ4v) is 4.99. The summed E-state index contributed by atoms with van der Waals surface area (Å²) >= 11 is 12.2. The highest BCUT2D eigenvalue weighted by Gasteiger charge is 2.32. The van der Waals surface area contributed by atoms with E-state index in [0.29, 0.717) is 12.8 Å². The van der Waals surface area contributed by atoms with E-state index < -0.39 is 34.1 Å². The van der Waals surface area contributed by atoms with Gasteiger partial charge in [0.25, 0.3) is 0 Å². The average molecular weight is 543 g/mol. The predicted octanol–water partition coefficient (Wildman–Crippen LogP) is 4.52. The summed E-state index contributed by atoms with van der Waals surface area (Å²) in [6.07, 6.45) is 1.88. The molecule has 0 heterocycles. The van der Waals surface area contributed by atoms with E-state index in [4.69, 9.17) is 23.2 Å². The van der Waals surface area contributed by atoms with Crippen molar-refractivity contribution >= 4 is 50.7 Å². The zero-order chi connectivity index (χ0) is 26.4. The van der Waals surface area contributed by atoms with Gasteiger partial charge in [0.15, 0.2) is 0 Å². The predicted molar refractivity (Wildman–Crippen MR) is 142 cm³/mol. The van der Waals surface area contributed by atoms with Crippen LogP contribution in [0.2, 0.25) is 10.0 Å². The fraction of sp³-hybridized carbons (Fsp3) is 0.440. The zero-order valence-electron chi connectivity index (χ0n) is 20.7. The van der Waals surface area contributed by atoms with Gasteiger partial charge in [0.2, 0.25) is 21.8 Å². The van der Waals surface area contributed by atoms with Gasteiger partial charge in [-0.05, 0) is 57.4 Å². The molecule has 2 rings (SSSR count). The van der Waals surface area contributed by atoms with Crippen molar-refractivity contribution in [1.82, 2.24) is 10.2 Å². The molecule has 10 heteroatoms. The Hall–Kier alpha value is -2.29. The third-order valence-electron chi connectivity index (χ3n) is 5.18. The molecule has 0 fully saturated rings. The van der Waals surface area contributed by atoms with E-state index in [1.807, 2.05) is 58.0 Å². The van der Waals surface area contributed by atoms with Crippen LogP contribution < -0.4 is 9.62 Å². The Bertz CT molecular complexity index is 1110. The quantitative estimate of drug-likeness (QED) is 0.478. The largest absolute Gasteiger partial charge is 0.350 e. The summed E-state index contributed by atoms with van der Waals surface area (Å²) < 4.78 is 26.2. The van der Waals surface area contributed by atoms with Crippen molar-refractivity contribution in [3.63, 3.8) is 0 Å². The molecule has 0 spiro atoms. The van der Waals surface area contributed by atoms with Crippen molar-refractivity contribution in [3.8, 4) is 0 Å². The Morgan fingerprint density at radius 3 is 2.09 bits per heavy atom. The molecular formula is C25H33Cl2N3O4S. The molecule has 1 unspecified atom stereocenters. The van der Waals surface area contributed by atoms with Crippen LogP contribution in [0.15, 0.2) is 48.5 Å². The van der Waals surface area contributed by atoms with E-state index >= 15 is 0 Å². The molecule has 35 heavy (non-hydrogen) atoms. The summed E-state index contributed by atoms with van der Waals surface area (Å²) in [5.74, 6) is -0.795. The topological polar surface area (TPSA) is 86.8 Å². The number of amides is 2. The van der Waals surface area contributed by atoms with E-state index in [9.17, 15) is 18.0 Å². The summed E-state index contributed by atoms with van der Waals surface area (Å²) in [7, 11) is -3.86. The average Bonchev–Trinajstić information content (AvgIpc) is 2.72. The summed E-state index contributed by atoms with van der Waals surface area (Å²) in [4.78, 5) is 28.2. The van der Waals surface area contributed by atoms with Crippen LogP contribution >= 0.6 is 23.2 Å². The number of nitrogens with zero attached hydrogens (tertiary/aromatic N) is 2. The Morgan fingerprint density at radius 2 is 1.60 bits per heavy atom. The highest BCUT2D eigenvalue weighted by atomic mass is 35.5. The maximum atomic E-state index is 13.6. The Kier molecular flexibility index (Phi) is 10.0. The molecule has 2 amide bonds. The van der Waals surface area contributed by atoms with Crippen molar-refractivity contribution in [2.45, 2.75) is 52.1 Å². The Labute approximate surface area is 218 Å². The number of rotatable bonds is 10. The first-order valence-corrected chi connectivity index (χ1v) is 13.9. The number of carbonyl (C=O) groups is 2. The molecule has 1 N–H and O–H groups in total. The van der Waals surface area contributed by atoms with E-state index in [1.165, 1.54) is 23.1 Å². The van der Waals surface area contributed by atoms with Crippen molar-refractivity contribution in [1.29, 1.82) is 0 Å². The lowest BCUT2D eigenvalue weighted by atomic mass is 10.1. The first-order valence-electron chi connectivity index (χ1n) is 11.3. The Balaban J connectivity index is 2.41. The number of carbonyl (C=O) groups excluding carboxylic acids is 2. The second kappa shape index (κ2) is 12.1. The van der Waals surface area contributed by atoms with Gasteiger partial charge in [-0.1, -0.05) is 60.5 Å². The summed E-state index contributed by atoms with van der Waals surface area (Å²) in [6.45, 7) is 7.16. The molecule has 0 aliphatic heterocycles. The third-order valence-corrected chi connectivity index (χ3v) is 6.76. The van der Waals surface area contributed by atoms with Gasteiger partial charge in [0.1, 0.15) is 12.6 Å². The second-order valence-electron chi connectivity index (χ2n) is 9.38. The van der Waals surface area contributed by atoms with Gasteiger partial charge in [-0.3, -0.25) is 13.9 Å². The van der Waals surface area contributed by atoms with Gasteiger partial charge in [0.05, 0.1) is 11.9 Å². The maximum Gasteiger partial charge on any atom is 0.244 e. The summed E-state index contributed by atoms with van der Waals surface area (Å²) in [5.41, 5.74) is 0.682. The summed E-state index contributed by atoms with van der Waals surface area (Å²) in [5, 5.41) is 3.42. The van der Waals surface area contributed by atoms with Crippen LogP contribution in [0.1, 0.15) is 39.7 Å². The minimum absolute atomic E-state index is 0.175. The number of hydrogen-bond acceptors (Lipinski definition) is 4. The first-order chi connectivity index (χ1) is 16.2. The van der Waals surface area contributed by atoms with Gasteiger partial charge in [-0.2, -0.15) is 0 Å². The number of hydrogen-bond donors (Lipinski definition) is 1. The number of nitrogens with one attached hydrogen (secondary N) is 1. The lowest BCUT2D eigenvalue weighted by Gasteiger charge is -2.34. The lowest BCUT2D eigenvalue weighted by molar-refractivity contribution is -0.140. The SMILES string of the molecule is CCC(C(=O)NC(C)(C)C)N(CCc1ccccc1)C(=O)CN(c1cc(Cl)cc(Cl)c1)S(C)(=O)=O. The molecule has 0 bridgehead atoms. The van der Waals surface area contributed by atoms with Crippen molar-refractivity contribution in [2.75, 3.05) is 23.7 Å². The fourth-order valence-electron chi connectivity index (χ4n) is 3.65. The highest BCUT2D eigenvalue weighted by molar-refractivity contribution is 7.92. The number of sulfonamides is 1. The monoisotopic (exact) mass is 541 g/mol. The molecule has 192 valence electrons. The maximum absolute atomic E-state index is 13.6. The highest BCUT2D eigenvalue weighted by Crippen LogP contribution is 2.27. The van der Waals surface area contributed by atoms with E-state index in [1.54, 1.807) is 0 Å². The van der Waals surface area contributed by atoms with Crippen molar-refractivity contribution in [2.24, 2.45) is 0 Å². The molecule has 0 aliphatic carbocycles. The molecule has 2 aromatic rings. The van der Waals surface area contributed by atoms with Crippen LogP contribution in [0.5, 0.6) is 0 Å². The number of benzene rings is 2. The van der Waals surface area contributed by atoms with Crippen LogP contribution in [0.25, 0.3) is 0 Å². The third kappa shape index (κ3) is 9.02. The van der Waals surface area contributed by atoms with Crippen molar-refractivity contribution in [3.05, 3.63) is 64.1 Å². The molecule has 0 radical (unpaired) electrons. The molecule has 0 saturated heterocycles. The lowest BCUT2D eigenvalue weighted by Crippen LogP contribution is -2.56. The smallest absolute Gasteiger partial charge is 0.244 e. The minimum atomic E-state index is -3.86. The molecule has 2 aromatic carbocycles. The van der Waals surface area contributed by atoms with Gasteiger partial charge in [-0.25, -0.2) is 8.42 Å². The zero-order valence-corrected chi connectivity index (χ0v) is 23.0. The number of anilines is 1. The molecule has 0 saturated carbocycles. The normalized spacial score (nSPS) is 12.7. The van der Waals surface area contributed by atoms with Crippen LogP contribution in [-0.2, 0) is 26.0 Å². The van der Waals surface area contributed by atoms with Crippen LogP contribution in [0, 0.1) is 0 Å².